The zero-order valence-electron chi connectivity index (χ0n) is 8.76. The van der Waals surface area contributed by atoms with Crippen molar-refractivity contribution in [3.63, 3.8) is 0 Å². The van der Waals surface area contributed by atoms with E-state index in [0.717, 1.165) is 18.6 Å². The number of hydrogen-bond donors (Lipinski definition) is 0. The molecule has 2 saturated carbocycles. The van der Waals surface area contributed by atoms with Gasteiger partial charge < -0.3 is 0 Å². The number of fused-ring (bicyclic) bond motifs is 1. The van der Waals surface area contributed by atoms with Crippen LogP contribution in [0.4, 0.5) is 0 Å². The fraction of sp³-hybridized carbons (Fsp3) is 0.750. The van der Waals surface area contributed by atoms with Gasteiger partial charge in [0, 0.05) is 0 Å². The molecule has 0 amide bonds. The lowest BCUT2D eigenvalue weighted by molar-refractivity contribution is -0.104. The van der Waals surface area contributed by atoms with Crippen LogP contribution in [0.15, 0.2) is 11.6 Å². The van der Waals surface area contributed by atoms with E-state index in [2.05, 4.69) is 20.8 Å². The minimum atomic E-state index is 0.399. The van der Waals surface area contributed by atoms with Gasteiger partial charge in [0.2, 0.25) is 0 Å². The van der Waals surface area contributed by atoms with Gasteiger partial charge in [0.25, 0.3) is 0 Å². The zero-order chi connectivity index (χ0) is 9.69. The summed E-state index contributed by atoms with van der Waals surface area (Å²) >= 11 is 0. The average Bonchev–Trinajstić information content (AvgIpc) is 2.58. The van der Waals surface area contributed by atoms with E-state index >= 15 is 0 Å². The summed E-state index contributed by atoms with van der Waals surface area (Å²) < 4.78 is 0. The SMILES string of the molecule is CC1(C)C/C(=C/C=O)C2CC2(C)C1. The Kier molecular flexibility index (Phi) is 1.70. The average molecular weight is 178 g/mol. The molecule has 0 aliphatic heterocycles. The van der Waals surface area contributed by atoms with E-state index in [1.165, 1.54) is 18.4 Å². The smallest absolute Gasteiger partial charge is 0.142 e. The Labute approximate surface area is 80.2 Å². The molecule has 13 heavy (non-hydrogen) atoms. The first kappa shape index (κ1) is 8.98. The lowest BCUT2D eigenvalue weighted by Crippen LogP contribution is -2.24. The molecule has 2 fully saturated rings. The van der Waals surface area contributed by atoms with Crippen molar-refractivity contribution < 1.29 is 4.79 Å². The van der Waals surface area contributed by atoms with Crippen molar-refractivity contribution >= 4 is 6.29 Å². The second-order valence-electron chi connectivity index (χ2n) is 5.81. The molecule has 0 aromatic rings. The number of rotatable bonds is 1. The molecular formula is C12H18O. The standard InChI is InChI=1S/C12H18O/c1-11(2)6-9(4-5-13)10-7-12(10,3)8-11/h4-5,10H,6-8H2,1-3H3/b9-4-. The monoisotopic (exact) mass is 178 g/mol. The van der Waals surface area contributed by atoms with Gasteiger partial charge in [0.05, 0.1) is 0 Å². The largest absolute Gasteiger partial charge is 0.299 e. The van der Waals surface area contributed by atoms with Gasteiger partial charge in [0.1, 0.15) is 6.29 Å². The van der Waals surface area contributed by atoms with Crippen LogP contribution in [-0.2, 0) is 4.79 Å². The Morgan fingerprint density at radius 1 is 1.38 bits per heavy atom. The molecular weight excluding hydrogens is 160 g/mol. The molecule has 2 aliphatic rings. The molecule has 0 spiro atoms. The molecule has 0 heterocycles. The zero-order valence-corrected chi connectivity index (χ0v) is 8.76. The fourth-order valence-corrected chi connectivity index (χ4v) is 3.28. The first-order chi connectivity index (χ1) is 5.97. The number of allylic oxidation sites excluding steroid dienone is 2. The molecule has 2 unspecified atom stereocenters. The van der Waals surface area contributed by atoms with Crippen molar-refractivity contribution in [2.75, 3.05) is 0 Å². The van der Waals surface area contributed by atoms with Gasteiger partial charge in [-0.1, -0.05) is 26.3 Å². The lowest BCUT2D eigenvalue weighted by Gasteiger charge is -2.35. The molecule has 0 N–H and O–H groups in total. The second kappa shape index (κ2) is 2.46. The van der Waals surface area contributed by atoms with E-state index in [0.29, 0.717) is 10.8 Å². The maximum Gasteiger partial charge on any atom is 0.142 e. The van der Waals surface area contributed by atoms with Crippen molar-refractivity contribution in [2.24, 2.45) is 16.7 Å². The highest BCUT2D eigenvalue weighted by Crippen LogP contribution is 2.67. The van der Waals surface area contributed by atoms with Gasteiger partial charge in [-0.05, 0) is 42.1 Å². The Balaban J connectivity index is 2.24. The summed E-state index contributed by atoms with van der Waals surface area (Å²) in [6.07, 6.45) is 6.50. The van der Waals surface area contributed by atoms with E-state index in [1.54, 1.807) is 6.08 Å². The molecule has 72 valence electrons. The van der Waals surface area contributed by atoms with E-state index in [4.69, 9.17) is 0 Å². The summed E-state index contributed by atoms with van der Waals surface area (Å²) in [6, 6.07) is 0. The summed E-state index contributed by atoms with van der Waals surface area (Å²) in [5.74, 6) is 0.728. The summed E-state index contributed by atoms with van der Waals surface area (Å²) in [5, 5.41) is 0. The minimum absolute atomic E-state index is 0.399. The third-order valence-corrected chi connectivity index (χ3v) is 3.65. The predicted molar refractivity (Wildman–Crippen MR) is 53.4 cm³/mol. The van der Waals surface area contributed by atoms with Crippen LogP contribution in [0.3, 0.4) is 0 Å². The molecule has 2 aliphatic carbocycles. The van der Waals surface area contributed by atoms with Gasteiger partial charge in [-0.2, -0.15) is 0 Å². The molecule has 0 bridgehead atoms. The van der Waals surface area contributed by atoms with Crippen LogP contribution < -0.4 is 0 Å². The topological polar surface area (TPSA) is 17.1 Å². The minimum Gasteiger partial charge on any atom is -0.299 e. The number of carbonyl (C=O) groups is 1. The van der Waals surface area contributed by atoms with Gasteiger partial charge in [-0.25, -0.2) is 0 Å². The van der Waals surface area contributed by atoms with Gasteiger partial charge >= 0.3 is 0 Å². The fourth-order valence-electron chi connectivity index (χ4n) is 3.28. The normalized spacial score (nSPS) is 44.2. The van der Waals surface area contributed by atoms with Crippen molar-refractivity contribution in [1.82, 2.24) is 0 Å². The van der Waals surface area contributed by atoms with Gasteiger partial charge in [-0.15, -0.1) is 0 Å². The maximum atomic E-state index is 10.5. The van der Waals surface area contributed by atoms with Crippen LogP contribution in [0, 0.1) is 16.7 Å². The highest BCUT2D eigenvalue weighted by atomic mass is 16.1. The highest BCUT2D eigenvalue weighted by Gasteiger charge is 2.57. The molecule has 2 atom stereocenters. The number of aldehydes is 1. The van der Waals surface area contributed by atoms with Crippen LogP contribution >= 0.6 is 0 Å². The van der Waals surface area contributed by atoms with E-state index < -0.39 is 0 Å². The van der Waals surface area contributed by atoms with Crippen LogP contribution in [0.1, 0.15) is 40.0 Å². The van der Waals surface area contributed by atoms with Crippen LogP contribution in [0.5, 0.6) is 0 Å². The number of hydrogen-bond acceptors (Lipinski definition) is 1. The quantitative estimate of drug-likeness (QED) is 0.445. The van der Waals surface area contributed by atoms with Crippen LogP contribution in [0.25, 0.3) is 0 Å². The summed E-state index contributed by atoms with van der Waals surface area (Å²) in [6.45, 7) is 6.98. The second-order valence-corrected chi connectivity index (χ2v) is 5.81. The molecule has 0 radical (unpaired) electrons. The van der Waals surface area contributed by atoms with E-state index in [-0.39, 0.29) is 0 Å². The maximum absolute atomic E-state index is 10.5. The molecule has 1 heteroatoms. The molecule has 0 aromatic heterocycles. The molecule has 2 rings (SSSR count). The molecule has 1 nitrogen and oxygen atoms in total. The Bertz CT molecular complexity index is 272. The van der Waals surface area contributed by atoms with E-state index in [9.17, 15) is 4.79 Å². The predicted octanol–water partition coefficient (Wildman–Crippen LogP) is 2.96. The van der Waals surface area contributed by atoms with Crippen molar-refractivity contribution in [2.45, 2.75) is 40.0 Å². The van der Waals surface area contributed by atoms with Crippen molar-refractivity contribution in [3.05, 3.63) is 11.6 Å². The summed E-state index contributed by atoms with van der Waals surface area (Å²) in [7, 11) is 0. The van der Waals surface area contributed by atoms with Gasteiger partial charge in [0.15, 0.2) is 0 Å². The third-order valence-electron chi connectivity index (χ3n) is 3.65. The summed E-state index contributed by atoms with van der Waals surface area (Å²) in [4.78, 5) is 10.5. The van der Waals surface area contributed by atoms with E-state index in [1.807, 2.05) is 0 Å². The molecule has 0 aromatic carbocycles. The van der Waals surface area contributed by atoms with Crippen molar-refractivity contribution in [1.29, 1.82) is 0 Å². The lowest BCUT2D eigenvalue weighted by atomic mass is 9.70. The first-order valence-electron chi connectivity index (χ1n) is 5.11. The number of carbonyl (C=O) groups excluding carboxylic acids is 1. The van der Waals surface area contributed by atoms with Gasteiger partial charge in [-0.3, -0.25) is 4.79 Å². The Hall–Kier alpha value is -0.590. The Morgan fingerprint density at radius 3 is 2.69 bits per heavy atom. The molecule has 0 saturated heterocycles. The van der Waals surface area contributed by atoms with Crippen LogP contribution in [-0.4, -0.2) is 6.29 Å². The first-order valence-corrected chi connectivity index (χ1v) is 5.11. The summed E-state index contributed by atoms with van der Waals surface area (Å²) in [5.41, 5.74) is 2.32. The Morgan fingerprint density at radius 2 is 2.08 bits per heavy atom. The highest BCUT2D eigenvalue weighted by molar-refractivity contribution is 5.67. The van der Waals surface area contributed by atoms with Crippen molar-refractivity contribution in [3.8, 4) is 0 Å². The third kappa shape index (κ3) is 1.45. The van der Waals surface area contributed by atoms with Crippen LogP contribution in [0.2, 0.25) is 0 Å².